The van der Waals surface area contributed by atoms with E-state index in [1.54, 1.807) is 17.0 Å². The first-order valence-electron chi connectivity index (χ1n) is 8.86. The van der Waals surface area contributed by atoms with Crippen LogP contribution in [-0.4, -0.2) is 47.1 Å². The van der Waals surface area contributed by atoms with Crippen LogP contribution >= 0.6 is 0 Å². The van der Waals surface area contributed by atoms with E-state index in [0.29, 0.717) is 37.8 Å². The summed E-state index contributed by atoms with van der Waals surface area (Å²) in [6.07, 6.45) is -0.364. The number of ether oxygens (including phenoxy) is 1. The molecule has 9 heteroatoms. The molecule has 9 nitrogen and oxygen atoms in total. The summed E-state index contributed by atoms with van der Waals surface area (Å²) in [5.74, 6) is 0. The van der Waals surface area contributed by atoms with E-state index < -0.39 is 4.92 Å². The number of para-hydroxylation sites is 1. The van der Waals surface area contributed by atoms with Gasteiger partial charge in [0.05, 0.1) is 4.92 Å². The van der Waals surface area contributed by atoms with E-state index in [-0.39, 0.29) is 23.9 Å². The Morgan fingerprint density at radius 1 is 1.11 bits per heavy atom. The summed E-state index contributed by atoms with van der Waals surface area (Å²) in [6.45, 7) is 2.14. The molecular formula is C19H18N4O5. The Morgan fingerprint density at radius 3 is 2.57 bits per heavy atom. The quantitative estimate of drug-likeness (QED) is 0.504. The van der Waals surface area contributed by atoms with Gasteiger partial charge in [-0.15, -0.1) is 0 Å². The molecule has 0 bridgehead atoms. The molecule has 3 aromatic rings. The highest BCUT2D eigenvalue weighted by molar-refractivity contribution is 5.84. The Labute approximate surface area is 160 Å². The molecule has 0 N–H and O–H groups in total. The van der Waals surface area contributed by atoms with E-state index in [1.807, 2.05) is 35.2 Å². The minimum absolute atomic E-state index is 0.0874. The second-order valence-electron chi connectivity index (χ2n) is 6.39. The van der Waals surface area contributed by atoms with Gasteiger partial charge in [0.2, 0.25) is 0 Å². The van der Waals surface area contributed by atoms with E-state index in [2.05, 4.69) is 4.98 Å². The third kappa shape index (κ3) is 3.59. The number of carbonyl (C=O) groups excluding carboxylic acids is 1. The van der Waals surface area contributed by atoms with Crippen molar-refractivity contribution >= 4 is 28.9 Å². The lowest BCUT2D eigenvalue weighted by atomic mass is 10.2. The van der Waals surface area contributed by atoms with Gasteiger partial charge in [-0.3, -0.25) is 10.1 Å². The SMILES string of the molecule is O=C(OCc1ccccc1)N1CCN(c2nc3c([N+](=O)[O-])cccc3o2)CC1. The van der Waals surface area contributed by atoms with E-state index in [1.165, 1.54) is 6.07 Å². The third-order valence-corrected chi connectivity index (χ3v) is 4.60. The summed E-state index contributed by atoms with van der Waals surface area (Å²) in [5, 5.41) is 11.1. The Bertz CT molecular complexity index is 996. The molecule has 144 valence electrons. The van der Waals surface area contributed by atoms with Gasteiger partial charge < -0.3 is 19.0 Å². The number of nitro benzene ring substituents is 1. The fourth-order valence-electron chi connectivity index (χ4n) is 3.10. The fraction of sp³-hybridized carbons (Fsp3) is 0.263. The normalized spacial score (nSPS) is 14.3. The Hall–Kier alpha value is -3.62. The number of hydrogen-bond donors (Lipinski definition) is 0. The first-order chi connectivity index (χ1) is 13.6. The minimum Gasteiger partial charge on any atom is -0.445 e. The molecule has 1 amide bonds. The molecule has 0 aliphatic carbocycles. The number of oxazole rings is 1. The zero-order valence-corrected chi connectivity index (χ0v) is 15.0. The van der Waals surface area contributed by atoms with E-state index in [4.69, 9.17) is 9.15 Å². The molecule has 1 aromatic heterocycles. The zero-order chi connectivity index (χ0) is 19.5. The van der Waals surface area contributed by atoms with Gasteiger partial charge >= 0.3 is 6.09 Å². The van der Waals surface area contributed by atoms with Crippen LogP contribution in [-0.2, 0) is 11.3 Å². The molecule has 0 saturated carbocycles. The summed E-state index contributed by atoms with van der Waals surface area (Å²) in [5.41, 5.74) is 1.44. The van der Waals surface area contributed by atoms with Crippen molar-refractivity contribution in [1.82, 2.24) is 9.88 Å². The van der Waals surface area contributed by atoms with Gasteiger partial charge in [0.1, 0.15) is 6.61 Å². The number of amides is 1. The summed E-state index contributed by atoms with van der Waals surface area (Å²) in [4.78, 5) is 30.7. The van der Waals surface area contributed by atoms with Gasteiger partial charge in [-0.1, -0.05) is 36.4 Å². The van der Waals surface area contributed by atoms with Crippen LogP contribution in [0.4, 0.5) is 16.5 Å². The Balaban J connectivity index is 1.37. The number of anilines is 1. The monoisotopic (exact) mass is 382 g/mol. The van der Waals surface area contributed by atoms with Gasteiger partial charge in [0.25, 0.3) is 11.7 Å². The number of fused-ring (bicyclic) bond motifs is 1. The van der Waals surface area contributed by atoms with Crippen LogP contribution in [0, 0.1) is 10.1 Å². The molecule has 0 atom stereocenters. The average molecular weight is 382 g/mol. The molecule has 28 heavy (non-hydrogen) atoms. The average Bonchev–Trinajstić information content (AvgIpc) is 3.17. The fourth-order valence-corrected chi connectivity index (χ4v) is 3.10. The molecule has 1 aliphatic rings. The van der Waals surface area contributed by atoms with Crippen LogP contribution in [0.5, 0.6) is 0 Å². The van der Waals surface area contributed by atoms with Gasteiger partial charge in [0.15, 0.2) is 11.1 Å². The van der Waals surface area contributed by atoms with Crippen LogP contribution < -0.4 is 4.90 Å². The van der Waals surface area contributed by atoms with E-state index >= 15 is 0 Å². The lowest BCUT2D eigenvalue weighted by molar-refractivity contribution is -0.383. The maximum atomic E-state index is 12.2. The van der Waals surface area contributed by atoms with E-state index in [9.17, 15) is 14.9 Å². The number of non-ortho nitro benzene ring substituents is 1. The van der Waals surface area contributed by atoms with Crippen LogP contribution in [0.15, 0.2) is 52.9 Å². The second-order valence-corrected chi connectivity index (χ2v) is 6.39. The number of piperazine rings is 1. The van der Waals surface area contributed by atoms with E-state index in [0.717, 1.165) is 5.56 Å². The summed E-state index contributed by atoms with van der Waals surface area (Å²) >= 11 is 0. The van der Waals surface area contributed by atoms with Crippen LogP contribution in [0.1, 0.15) is 5.56 Å². The predicted octanol–water partition coefficient (Wildman–Crippen LogP) is 3.19. The molecule has 1 aliphatic heterocycles. The maximum Gasteiger partial charge on any atom is 0.410 e. The Morgan fingerprint density at radius 2 is 1.86 bits per heavy atom. The highest BCUT2D eigenvalue weighted by Crippen LogP contribution is 2.29. The van der Waals surface area contributed by atoms with Gasteiger partial charge in [-0.05, 0) is 11.6 Å². The van der Waals surface area contributed by atoms with Crippen LogP contribution in [0.25, 0.3) is 11.1 Å². The van der Waals surface area contributed by atoms with Crippen molar-refractivity contribution in [1.29, 1.82) is 0 Å². The highest BCUT2D eigenvalue weighted by Gasteiger charge is 2.26. The first-order valence-corrected chi connectivity index (χ1v) is 8.86. The number of hydrogen-bond acceptors (Lipinski definition) is 7. The number of benzene rings is 2. The molecule has 1 saturated heterocycles. The topological polar surface area (TPSA) is 102 Å². The Kier molecular flexibility index (Phi) is 4.79. The lowest BCUT2D eigenvalue weighted by Gasteiger charge is -2.33. The maximum absolute atomic E-state index is 12.2. The molecule has 4 rings (SSSR count). The van der Waals surface area contributed by atoms with Crippen molar-refractivity contribution < 1.29 is 18.9 Å². The predicted molar refractivity (Wildman–Crippen MR) is 101 cm³/mol. The standard InChI is InChI=1S/C19H18N4O5/c24-19(27-13-14-5-2-1-3-6-14)22-11-9-21(10-12-22)18-20-17-15(23(25)26)7-4-8-16(17)28-18/h1-8H,9-13H2. The number of rotatable bonds is 4. The summed E-state index contributed by atoms with van der Waals surface area (Å²) < 4.78 is 11.0. The first kappa shape index (κ1) is 17.8. The van der Waals surface area contributed by atoms with Crippen molar-refractivity contribution in [3.63, 3.8) is 0 Å². The summed E-state index contributed by atoms with van der Waals surface area (Å²) in [6, 6.07) is 14.4. The van der Waals surface area contributed by atoms with Gasteiger partial charge in [-0.2, -0.15) is 4.98 Å². The van der Waals surface area contributed by atoms with Gasteiger partial charge in [0, 0.05) is 32.2 Å². The largest absolute Gasteiger partial charge is 0.445 e. The van der Waals surface area contributed by atoms with Crippen LogP contribution in [0.2, 0.25) is 0 Å². The van der Waals surface area contributed by atoms with Crippen molar-refractivity contribution in [3.8, 4) is 0 Å². The van der Waals surface area contributed by atoms with Crippen molar-refractivity contribution in [2.24, 2.45) is 0 Å². The molecule has 0 spiro atoms. The number of aromatic nitrogens is 1. The highest BCUT2D eigenvalue weighted by atomic mass is 16.6. The number of nitrogens with zero attached hydrogens (tertiary/aromatic N) is 4. The molecular weight excluding hydrogens is 364 g/mol. The lowest BCUT2D eigenvalue weighted by Crippen LogP contribution is -2.49. The van der Waals surface area contributed by atoms with Crippen molar-refractivity contribution in [3.05, 3.63) is 64.2 Å². The van der Waals surface area contributed by atoms with Gasteiger partial charge in [-0.25, -0.2) is 4.79 Å². The third-order valence-electron chi connectivity index (χ3n) is 4.60. The zero-order valence-electron chi connectivity index (χ0n) is 15.0. The van der Waals surface area contributed by atoms with Crippen molar-refractivity contribution in [2.45, 2.75) is 6.61 Å². The number of nitro groups is 1. The molecule has 2 aromatic carbocycles. The smallest absolute Gasteiger partial charge is 0.410 e. The van der Waals surface area contributed by atoms with Crippen LogP contribution in [0.3, 0.4) is 0 Å². The summed E-state index contributed by atoms with van der Waals surface area (Å²) in [7, 11) is 0. The molecule has 0 radical (unpaired) electrons. The minimum atomic E-state index is -0.477. The second kappa shape index (κ2) is 7.55. The number of carbonyl (C=O) groups is 1. The molecule has 1 fully saturated rings. The molecule has 2 heterocycles. The van der Waals surface area contributed by atoms with Crippen molar-refractivity contribution in [2.75, 3.05) is 31.1 Å². The molecule has 0 unspecified atom stereocenters.